The van der Waals surface area contributed by atoms with Crippen LogP contribution in [0.5, 0.6) is 0 Å². The van der Waals surface area contributed by atoms with E-state index in [9.17, 15) is 13.6 Å². The first-order chi connectivity index (χ1) is 16.3. The maximum atomic E-state index is 14.2. The van der Waals surface area contributed by atoms with Gasteiger partial charge in [-0.05, 0) is 75.4 Å². The average Bonchev–Trinajstić information content (AvgIpc) is 2.99. The first kappa shape index (κ1) is 24.4. The highest BCUT2D eigenvalue weighted by atomic mass is 32.1. The van der Waals surface area contributed by atoms with Crippen LogP contribution in [0.1, 0.15) is 36.6 Å². The maximum absolute atomic E-state index is 14.2. The van der Waals surface area contributed by atoms with Crippen molar-refractivity contribution in [2.75, 3.05) is 26.0 Å². The number of hydrogen-bond donors (Lipinski definition) is 1. The van der Waals surface area contributed by atoms with Gasteiger partial charge in [0, 0.05) is 23.9 Å². The predicted octanol–water partition coefficient (Wildman–Crippen LogP) is 5.92. The molecule has 180 valence electrons. The lowest BCUT2D eigenvalue weighted by Gasteiger charge is -2.21. The fraction of sp³-hybridized carbons (Fsp3) is 0.423. The number of rotatable bonds is 8. The Bertz CT molecular complexity index is 1210. The number of aromatic nitrogens is 2. The van der Waals surface area contributed by atoms with E-state index >= 15 is 0 Å². The summed E-state index contributed by atoms with van der Waals surface area (Å²) in [6.07, 6.45) is 9.51. The minimum absolute atomic E-state index is 0.175. The first-order valence-electron chi connectivity index (χ1n) is 11.6. The number of fused-ring (bicyclic) bond motifs is 3. The Labute approximate surface area is 202 Å². The van der Waals surface area contributed by atoms with Gasteiger partial charge in [0.15, 0.2) is 5.78 Å². The van der Waals surface area contributed by atoms with Crippen LogP contribution in [0.3, 0.4) is 0 Å². The summed E-state index contributed by atoms with van der Waals surface area (Å²) in [6.45, 7) is 2.93. The lowest BCUT2D eigenvalue weighted by atomic mass is 9.84. The molecule has 0 radical (unpaired) electrons. The Kier molecular flexibility index (Phi) is 7.68. The zero-order valence-corrected chi connectivity index (χ0v) is 20.6. The minimum Gasteiger partial charge on any atom is -0.337 e. The molecule has 0 amide bonds. The quantitative estimate of drug-likeness (QED) is 0.318. The second-order valence-corrected chi connectivity index (χ2v) is 10.4. The third-order valence-corrected chi connectivity index (χ3v) is 7.57. The zero-order chi connectivity index (χ0) is 24.2. The van der Waals surface area contributed by atoms with Crippen LogP contribution in [0, 0.1) is 23.5 Å². The van der Waals surface area contributed by atoms with E-state index in [1.54, 1.807) is 17.4 Å². The van der Waals surface area contributed by atoms with Crippen molar-refractivity contribution < 1.29 is 13.6 Å². The van der Waals surface area contributed by atoms with E-state index in [0.717, 1.165) is 48.5 Å². The van der Waals surface area contributed by atoms with E-state index in [-0.39, 0.29) is 17.4 Å². The van der Waals surface area contributed by atoms with Gasteiger partial charge in [0.2, 0.25) is 0 Å². The van der Waals surface area contributed by atoms with E-state index < -0.39 is 11.6 Å². The van der Waals surface area contributed by atoms with Crippen molar-refractivity contribution in [3.05, 3.63) is 58.8 Å². The summed E-state index contributed by atoms with van der Waals surface area (Å²) in [6, 6.07) is 3.46. The second-order valence-electron chi connectivity index (χ2n) is 9.32. The monoisotopic (exact) mass is 484 g/mol. The number of carbonyl (C=O) groups is 1. The van der Waals surface area contributed by atoms with Crippen LogP contribution >= 0.6 is 11.3 Å². The topological polar surface area (TPSA) is 58.1 Å². The van der Waals surface area contributed by atoms with Crippen molar-refractivity contribution in [2.45, 2.75) is 39.0 Å². The number of hydrogen-bond acceptors (Lipinski definition) is 6. The molecule has 2 aromatic heterocycles. The molecule has 1 N–H and O–H groups in total. The average molecular weight is 485 g/mol. The molecule has 5 nitrogen and oxygen atoms in total. The number of nitrogens with zero attached hydrogens (tertiary/aromatic N) is 3. The summed E-state index contributed by atoms with van der Waals surface area (Å²) in [5.74, 6) is 0.136. The summed E-state index contributed by atoms with van der Waals surface area (Å²) < 4.78 is 27.6. The normalized spacial score (nSPS) is 17.2. The van der Waals surface area contributed by atoms with Gasteiger partial charge in [-0.3, -0.25) is 4.79 Å². The Morgan fingerprint density at radius 1 is 1.32 bits per heavy atom. The lowest BCUT2D eigenvalue weighted by Crippen LogP contribution is -2.17. The summed E-state index contributed by atoms with van der Waals surface area (Å²) in [5.41, 5.74) is 1.39. The number of ketones is 1. The van der Waals surface area contributed by atoms with Gasteiger partial charge in [0.1, 0.15) is 28.6 Å². The van der Waals surface area contributed by atoms with Crippen LogP contribution < -0.4 is 5.32 Å². The molecule has 0 saturated heterocycles. The summed E-state index contributed by atoms with van der Waals surface area (Å²) in [7, 11) is 3.96. The molecule has 1 aliphatic carbocycles. The number of likely N-dealkylation sites (N-methyl/N-ethyl adjacent to an activating group) is 1. The van der Waals surface area contributed by atoms with Crippen LogP contribution in [0.15, 0.2) is 36.7 Å². The molecule has 2 unspecified atom stereocenters. The fourth-order valence-electron chi connectivity index (χ4n) is 4.59. The third-order valence-electron chi connectivity index (χ3n) is 6.41. The van der Waals surface area contributed by atoms with E-state index in [2.05, 4.69) is 22.2 Å². The number of carbonyl (C=O) groups excluding carboxylic acids is 1. The molecule has 0 spiro atoms. The van der Waals surface area contributed by atoms with Crippen LogP contribution in [0.2, 0.25) is 0 Å². The number of thiophene rings is 1. The first-order valence-corrected chi connectivity index (χ1v) is 12.4. The number of aryl methyl sites for hydroxylation is 1. The molecule has 34 heavy (non-hydrogen) atoms. The van der Waals surface area contributed by atoms with E-state index in [1.165, 1.54) is 28.9 Å². The third kappa shape index (κ3) is 5.67. The molecular weight excluding hydrogens is 454 g/mol. The van der Waals surface area contributed by atoms with Crippen molar-refractivity contribution >= 4 is 38.8 Å². The minimum atomic E-state index is -0.661. The van der Waals surface area contributed by atoms with Crippen molar-refractivity contribution in [3.8, 4) is 0 Å². The molecule has 0 aliphatic heterocycles. The van der Waals surface area contributed by atoms with E-state index in [1.807, 2.05) is 25.1 Å². The van der Waals surface area contributed by atoms with Crippen molar-refractivity contribution in [1.29, 1.82) is 0 Å². The molecule has 4 rings (SSSR count). The van der Waals surface area contributed by atoms with E-state index in [0.29, 0.717) is 18.2 Å². The Balaban J connectivity index is 1.54. The molecule has 1 aromatic carbocycles. The predicted molar refractivity (Wildman–Crippen MR) is 134 cm³/mol. The SMILES string of the molecule is CC(CC(=O)/C=C/CN(C)C)C1CCCc2c(sc3ncnc(Nc4ccc(F)cc4F)c23)C1. The van der Waals surface area contributed by atoms with Crippen LogP contribution in [0.4, 0.5) is 20.3 Å². The molecule has 0 fully saturated rings. The standard InChI is InChI=1S/C26H30F2N4OS/c1-16(12-19(33)7-5-11-32(2)3)17-6-4-8-20-23(13-17)34-26-24(20)25(29-15-30-26)31-22-10-9-18(27)14-21(22)28/h5,7,9-10,14-17H,4,6,8,11-13H2,1-3H3,(H,29,30,31)/b7-5+. The molecule has 0 saturated carbocycles. The van der Waals surface area contributed by atoms with Crippen LogP contribution in [0.25, 0.3) is 10.2 Å². The van der Waals surface area contributed by atoms with Gasteiger partial charge < -0.3 is 10.2 Å². The van der Waals surface area contributed by atoms with E-state index in [4.69, 9.17) is 0 Å². The maximum Gasteiger partial charge on any atom is 0.155 e. The number of nitrogens with one attached hydrogen (secondary N) is 1. The summed E-state index contributed by atoms with van der Waals surface area (Å²) in [4.78, 5) is 25.4. The Morgan fingerprint density at radius 2 is 2.15 bits per heavy atom. The Hall–Kier alpha value is -2.71. The van der Waals surface area contributed by atoms with Crippen LogP contribution in [-0.2, 0) is 17.6 Å². The van der Waals surface area contributed by atoms with Crippen molar-refractivity contribution in [2.24, 2.45) is 11.8 Å². The molecule has 3 aromatic rings. The largest absolute Gasteiger partial charge is 0.337 e. The van der Waals surface area contributed by atoms with Gasteiger partial charge in [0.05, 0.1) is 11.1 Å². The molecular formula is C26H30F2N4OS. The summed E-state index contributed by atoms with van der Waals surface area (Å²) in [5, 5.41) is 3.96. The number of benzene rings is 1. The molecule has 8 heteroatoms. The highest BCUT2D eigenvalue weighted by molar-refractivity contribution is 7.19. The lowest BCUT2D eigenvalue weighted by molar-refractivity contribution is -0.115. The molecule has 2 heterocycles. The smallest absolute Gasteiger partial charge is 0.155 e. The van der Waals surface area contributed by atoms with Gasteiger partial charge in [-0.15, -0.1) is 11.3 Å². The number of allylic oxidation sites excluding steroid dienone is 1. The van der Waals surface area contributed by atoms with Gasteiger partial charge >= 0.3 is 0 Å². The summed E-state index contributed by atoms with van der Waals surface area (Å²) >= 11 is 1.65. The fourth-order valence-corrected chi connectivity index (χ4v) is 5.87. The molecule has 2 atom stereocenters. The number of anilines is 2. The molecule has 0 bridgehead atoms. The van der Waals surface area contributed by atoms with Crippen LogP contribution in [-0.4, -0.2) is 41.3 Å². The van der Waals surface area contributed by atoms with Crippen molar-refractivity contribution in [3.63, 3.8) is 0 Å². The highest BCUT2D eigenvalue weighted by Gasteiger charge is 2.27. The number of halogens is 2. The second kappa shape index (κ2) is 10.7. The van der Waals surface area contributed by atoms with Gasteiger partial charge in [0.25, 0.3) is 0 Å². The zero-order valence-electron chi connectivity index (χ0n) is 19.8. The molecule has 1 aliphatic rings. The van der Waals surface area contributed by atoms with Gasteiger partial charge in [-0.1, -0.05) is 13.0 Å². The van der Waals surface area contributed by atoms with Gasteiger partial charge in [-0.2, -0.15) is 0 Å². The van der Waals surface area contributed by atoms with Gasteiger partial charge in [-0.25, -0.2) is 18.7 Å². The Morgan fingerprint density at radius 3 is 2.91 bits per heavy atom. The van der Waals surface area contributed by atoms with Crippen molar-refractivity contribution in [1.82, 2.24) is 14.9 Å². The highest BCUT2D eigenvalue weighted by Crippen LogP contribution is 2.41.